The molecule has 2 aliphatic rings. The summed E-state index contributed by atoms with van der Waals surface area (Å²) in [5.74, 6) is 2.15. The number of fused-ring (bicyclic) bond motifs is 1. The van der Waals surface area contributed by atoms with Crippen molar-refractivity contribution in [1.29, 1.82) is 0 Å². The molecule has 3 atom stereocenters. The predicted octanol–water partition coefficient (Wildman–Crippen LogP) is 4.28. The standard InChI is InChI=1S/C21H24ClN3O/c1-24(2)11-18-19-12-25(13-20(18)19)21(26)23-17-8-6-14(7-9-17)15-4-3-5-16(22)10-15/h3-10,18-20H,11-13H2,1-2H3,(H,23,26)/t18?,19-,20+. The molecule has 1 aliphatic heterocycles. The molecular weight excluding hydrogens is 346 g/mol. The van der Waals surface area contributed by atoms with Crippen LogP contribution in [0.3, 0.4) is 0 Å². The zero-order valence-electron chi connectivity index (χ0n) is 15.2. The van der Waals surface area contributed by atoms with Crippen molar-refractivity contribution in [1.82, 2.24) is 9.80 Å². The summed E-state index contributed by atoms with van der Waals surface area (Å²) in [6.07, 6.45) is 0. The third-order valence-electron chi connectivity index (χ3n) is 5.53. The molecule has 0 bridgehead atoms. The lowest BCUT2D eigenvalue weighted by atomic mass is 10.1. The molecule has 0 spiro atoms. The number of rotatable bonds is 4. The predicted molar refractivity (Wildman–Crippen MR) is 107 cm³/mol. The Morgan fingerprint density at radius 2 is 1.81 bits per heavy atom. The van der Waals surface area contributed by atoms with Gasteiger partial charge in [-0.05, 0) is 67.2 Å². The molecular formula is C21H24ClN3O. The maximum atomic E-state index is 12.5. The van der Waals surface area contributed by atoms with Crippen molar-refractivity contribution in [3.63, 3.8) is 0 Å². The van der Waals surface area contributed by atoms with E-state index >= 15 is 0 Å². The summed E-state index contributed by atoms with van der Waals surface area (Å²) in [6, 6.07) is 15.7. The van der Waals surface area contributed by atoms with Gasteiger partial charge in [0, 0.05) is 30.3 Å². The van der Waals surface area contributed by atoms with Crippen LogP contribution in [0, 0.1) is 17.8 Å². The lowest BCUT2D eigenvalue weighted by Crippen LogP contribution is -2.36. The van der Waals surface area contributed by atoms with Gasteiger partial charge in [0.15, 0.2) is 0 Å². The SMILES string of the molecule is CN(C)CC1[C@H]2CN(C(=O)Nc3ccc(-c4cccc(Cl)c4)cc3)C[C@@H]12. The molecule has 1 N–H and O–H groups in total. The minimum atomic E-state index is 0.0105. The average molecular weight is 370 g/mol. The average Bonchev–Trinajstić information content (AvgIpc) is 3.04. The van der Waals surface area contributed by atoms with Gasteiger partial charge in [-0.3, -0.25) is 0 Å². The van der Waals surface area contributed by atoms with Crippen molar-refractivity contribution < 1.29 is 4.79 Å². The van der Waals surface area contributed by atoms with E-state index in [4.69, 9.17) is 11.6 Å². The number of carbonyl (C=O) groups excluding carboxylic acids is 1. The van der Waals surface area contributed by atoms with Gasteiger partial charge >= 0.3 is 6.03 Å². The number of carbonyl (C=O) groups is 1. The van der Waals surface area contributed by atoms with Crippen LogP contribution in [-0.2, 0) is 0 Å². The van der Waals surface area contributed by atoms with E-state index in [1.54, 1.807) is 0 Å². The highest BCUT2D eigenvalue weighted by molar-refractivity contribution is 6.30. The van der Waals surface area contributed by atoms with E-state index < -0.39 is 0 Å². The van der Waals surface area contributed by atoms with Gasteiger partial charge in [0.05, 0.1) is 0 Å². The lowest BCUT2D eigenvalue weighted by Gasteiger charge is -2.21. The van der Waals surface area contributed by atoms with E-state index in [0.29, 0.717) is 11.8 Å². The summed E-state index contributed by atoms with van der Waals surface area (Å²) < 4.78 is 0. The van der Waals surface area contributed by atoms with Gasteiger partial charge < -0.3 is 15.1 Å². The van der Waals surface area contributed by atoms with Gasteiger partial charge in [0.2, 0.25) is 0 Å². The van der Waals surface area contributed by atoms with Gasteiger partial charge in [-0.25, -0.2) is 4.79 Å². The van der Waals surface area contributed by atoms with E-state index in [2.05, 4.69) is 24.3 Å². The van der Waals surface area contributed by atoms with Crippen LogP contribution in [0.25, 0.3) is 11.1 Å². The molecule has 2 aromatic rings. The van der Waals surface area contributed by atoms with Crippen LogP contribution in [0.15, 0.2) is 48.5 Å². The second-order valence-corrected chi connectivity index (χ2v) is 8.11. The number of benzene rings is 2. The summed E-state index contributed by atoms with van der Waals surface area (Å²) >= 11 is 6.06. The number of halogens is 1. The van der Waals surface area contributed by atoms with Gasteiger partial charge in [-0.15, -0.1) is 0 Å². The number of anilines is 1. The van der Waals surface area contributed by atoms with Crippen LogP contribution in [-0.4, -0.2) is 49.6 Å². The fourth-order valence-electron chi connectivity index (χ4n) is 4.12. The highest BCUT2D eigenvalue weighted by Gasteiger charge is 2.56. The number of hydrogen-bond acceptors (Lipinski definition) is 2. The third kappa shape index (κ3) is 3.57. The van der Waals surface area contributed by atoms with Gasteiger partial charge in [0.1, 0.15) is 0 Å². The molecule has 1 saturated heterocycles. The normalized spacial score (nSPS) is 23.8. The Morgan fingerprint density at radius 1 is 1.12 bits per heavy atom. The molecule has 0 aromatic heterocycles. The van der Waals surface area contributed by atoms with Crippen molar-refractivity contribution in [3.05, 3.63) is 53.6 Å². The molecule has 2 fully saturated rings. The van der Waals surface area contributed by atoms with Gasteiger partial charge in [0.25, 0.3) is 0 Å². The van der Waals surface area contributed by atoms with E-state index in [1.165, 1.54) is 0 Å². The summed E-state index contributed by atoms with van der Waals surface area (Å²) in [6.45, 7) is 2.90. The number of urea groups is 1. The minimum Gasteiger partial charge on any atom is -0.324 e. The molecule has 136 valence electrons. The Hall–Kier alpha value is -2.04. The first-order valence-corrected chi connectivity index (χ1v) is 9.46. The van der Waals surface area contributed by atoms with E-state index in [9.17, 15) is 4.79 Å². The van der Waals surface area contributed by atoms with Crippen molar-refractivity contribution >= 4 is 23.3 Å². The van der Waals surface area contributed by atoms with Gasteiger partial charge in [-0.2, -0.15) is 0 Å². The number of nitrogens with one attached hydrogen (secondary N) is 1. The molecule has 1 unspecified atom stereocenters. The van der Waals surface area contributed by atoms with Gasteiger partial charge in [-0.1, -0.05) is 35.9 Å². The van der Waals surface area contributed by atoms with Crippen LogP contribution >= 0.6 is 11.6 Å². The van der Waals surface area contributed by atoms with E-state index in [-0.39, 0.29) is 6.03 Å². The molecule has 26 heavy (non-hydrogen) atoms. The Kier molecular flexibility index (Phi) is 4.63. The van der Waals surface area contributed by atoms with Crippen molar-refractivity contribution in [2.45, 2.75) is 0 Å². The number of piperidine rings is 1. The van der Waals surface area contributed by atoms with Crippen LogP contribution in [0.2, 0.25) is 5.02 Å². The molecule has 2 aromatic carbocycles. The first-order valence-electron chi connectivity index (χ1n) is 9.08. The summed E-state index contributed by atoms with van der Waals surface area (Å²) in [5, 5.41) is 3.74. The second-order valence-electron chi connectivity index (χ2n) is 7.68. The molecule has 2 amide bonds. The first-order chi connectivity index (χ1) is 12.5. The Bertz CT molecular complexity index is 793. The van der Waals surface area contributed by atoms with Crippen LogP contribution < -0.4 is 5.32 Å². The van der Waals surface area contributed by atoms with Crippen LogP contribution in [0.1, 0.15) is 0 Å². The lowest BCUT2D eigenvalue weighted by molar-refractivity contribution is 0.212. The number of nitrogens with zero attached hydrogens (tertiary/aromatic N) is 2. The smallest absolute Gasteiger partial charge is 0.321 e. The second kappa shape index (κ2) is 6.93. The molecule has 1 aliphatic carbocycles. The molecule has 1 heterocycles. The largest absolute Gasteiger partial charge is 0.324 e. The fourth-order valence-corrected chi connectivity index (χ4v) is 4.31. The van der Waals surface area contributed by atoms with Crippen LogP contribution in [0.4, 0.5) is 10.5 Å². The van der Waals surface area contributed by atoms with Crippen molar-refractivity contribution in [2.75, 3.05) is 39.0 Å². The summed E-state index contributed by atoms with van der Waals surface area (Å²) in [5.41, 5.74) is 2.98. The quantitative estimate of drug-likeness (QED) is 0.873. The molecule has 4 nitrogen and oxygen atoms in total. The van der Waals surface area contributed by atoms with Crippen molar-refractivity contribution in [3.8, 4) is 11.1 Å². The Morgan fingerprint density at radius 3 is 2.42 bits per heavy atom. The van der Waals surface area contributed by atoms with E-state index in [1.807, 2.05) is 53.4 Å². The first kappa shape index (κ1) is 17.4. The minimum absolute atomic E-state index is 0.0105. The Balaban J connectivity index is 1.33. The van der Waals surface area contributed by atoms with Crippen molar-refractivity contribution in [2.24, 2.45) is 17.8 Å². The monoisotopic (exact) mass is 369 g/mol. The maximum Gasteiger partial charge on any atom is 0.321 e. The van der Waals surface area contributed by atoms with E-state index in [0.717, 1.165) is 47.4 Å². The highest BCUT2D eigenvalue weighted by Crippen LogP contribution is 2.51. The molecule has 5 heteroatoms. The summed E-state index contributed by atoms with van der Waals surface area (Å²) in [4.78, 5) is 16.7. The van der Waals surface area contributed by atoms with Crippen LogP contribution in [0.5, 0.6) is 0 Å². The number of amides is 2. The molecule has 0 radical (unpaired) electrons. The zero-order chi connectivity index (χ0) is 18.3. The Labute approximate surface area is 159 Å². The third-order valence-corrected chi connectivity index (χ3v) is 5.76. The topological polar surface area (TPSA) is 35.6 Å². The fraction of sp³-hybridized carbons (Fsp3) is 0.381. The number of hydrogen-bond donors (Lipinski definition) is 1. The maximum absolute atomic E-state index is 12.5. The molecule has 4 rings (SSSR count). The zero-order valence-corrected chi connectivity index (χ0v) is 15.9. The number of likely N-dealkylation sites (tertiary alicyclic amines) is 1. The summed E-state index contributed by atoms with van der Waals surface area (Å²) in [7, 11) is 4.23. The molecule has 1 saturated carbocycles. The highest BCUT2D eigenvalue weighted by atomic mass is 35.5.